The molecular formula is C21H13ClN2O4S2. The maximum absolute atomic E-state index is 12.3. The summed E-state index contributed by atoms with van der Waals surface area (Å²) in [5, 5.41) is 11.7. The second kappa shape index (κ2) is 8.91. The summed E-state index contributed by atoms with van der Waals surface area (Å²) in [5.41, 5.74) is 1.69. The summed E-state index contributed by atoms with van der Waals surface area (Å²) in [6.07, 6.45) is 1.55. The Balaban J connectivity index is 1.50. The topological polar surface area (TPSA) is 85.7 Å². The van der Waals surface area contributed by atoms with Crippen molar-refractivity contribution < 1.29 is 14.1 Å². The number of nitro groups is 1. The molecule has 1 aliphatic rings. The first kappa shape index (κ1) is 20.5. The number of nitro benzene ring substituents is 1. The van der Waals surface area contributed by atoms with Crippen LogP contribution in [-0.2, 0) is 10.5 Å². The summed E-state index contributed by atoms with van der Waals surface area (Å²) in [4.78, 5) is 27.4. The zero-order valence-electron chi connectivity index (χ0n) is 15.3. The molecule has 6 nitrogen and oxygen atoms in total. The van der Waals surface area contributed by atoms with Crippen LogP contribution in [0.3, 0.4) is 0 Å². The number of carbonyl (C=O) groups excluding carboxylic acids is 1. The molecule has 2 aromatic carbocycles. The van der Waals surface area contributed by atoms with Crippen molar-refractivity contribution in [1.29, 1.82) is 0 Å². The zero-order chi connectivity index (χ0) is 21.1. The maximum atomic E-state index is 12.3. The predicted molar refractivity (Wildman–Crippen MR) is 122 cm³/mol. The third-order valence-corrected chi connectivity index (χ3v) is 6.48. The van der Waals surface area contributed by atoms with Gasteiger partial charge < -0.3 is 4.42 Å². The minimum atomic E-state index is -0.457. The number of benzene rings is 2. The van der Waals surface area contributed by atoms with E-state index in [4.69, 9.17) is 16.0 Å². The summed E-state index contributed by atoms with van der Waals surface area (Å²) in [6.45, 7) is 0. The quantitative estimate of drug-likeness (QED) is 0.250. The number of para-hydroxylation sites is 1. The molecule has 1 aromatic heterocycles. The Morgan fingerprint density at radius 2 is 1.90 bits per heavy atom. The smallest absolute Gasteiger partial charge is 0.280 e. The summed E-state index contributed by atoms with van der Waals surface area (Å²) in [7, 11) is 0. The van der Waals surface area contributed by atoms with E-state index in [0.717, 1.165) is 17.3 Å². The Kier molecular flexibility index (Phi) is 6.08. The molecule has 0 spiro atoms. The van der Waals surface area contributed by atoms with E-state index in [1.54, 1.807) is 36.4 Å². The highest BCUT2D eigenvalue weighted by atomic mass is 35.5. The van der Waals surface area contributed by atoms with Crippen molar-refractivity contribution in [2.24, 2.45) is 4.99 Å². The van der Waals surface area contributed by atoms with Crippen molar-refractivity contribution in [3.05, 3.63) is 92.8 Å². The summed E-state index contributed by atoms with van der Waals surface area (Å²) >= 11 is 8.43. The molecule has 0 unspecified atom stereocenters. The summed E-state index contributed by atoms with van der Waals surface area (Å²) < 4.78 is 6.37. The third-order valence-electron chi connectivity index (χ3n) is 4.15. The molecule has 0 saturated carbocycles. The highest BCUT2D eigenvalue weighted by molar-refractivity contribution is 8.45. The van der Waals surface area contributed by atoms with Gasteiger partial charge in [0, 0.05) is 22.9 Å². The Hall–Kier alpha value is -2.81. The van der Waals surface area contributed by atoms with E-state index < -0.39 is 4.92 Å². The maximum Gasteiger partial charge on any atom is 0.280 e. The second-order valence-corrected chi connectivity index (χ2v) is 8.81. The van der Waals surface area contributed by atoms with Crippen LogP contribution >= 0.6 is 35.1 Å². The lowest BCUT2D eigenvalue weighted by Gasteiger charge is -1.99. The number of nitrogens with zero attached hydrogens (tertiary/aromatic N) is 2. The third kappa shape index (κ3) is 4.67. The Labute approximate surface area is 185 Å². The van der Waals surface area contributed by atoms with E-state index in [1.165, 1.54) is 17.8 Å². The fourth-order valence-corrected chi connectivity index (χ4v) is 4.65. The van der Waals surface area contributed by atoms with Gasteiger partial charge in [-0.3, -0.25) is 14.9 Å². The number of carbonyl (C=O) groups is 1. The van der Waals surface area contributed by atoms with Gasteiger partial charge in [0.1, 0.15) is 21.6 Å². The molecule has 0 bridgehead atoms. The fourth-order valence-electron chi connectivity index (χ4n) is 2.73. The first-order chi connectivity index (χ1) is 14.5. The lowest BCUT2D eigenvalue weighted by molar-refractivity contribution is -0.384. The summed E-state index contributed by atoms with van der Waals surface area (Å²) in [6, 6.07) is 17.1. The standard InChI is InChI=1S/C21H13ClN2O4S2/c22-14-7-5-13(6-8-14)12-29-21-23-17(20(25)30-21)11-15-9-10-19(28-15)16-3-1-2-4-18(16)24(26)27/h1-11H,12H2. The van der Waals surface area contributed by atoms with Crippen LogP contribution in [0, 0.1) is 10.1 Å². The molecule has 0 amide bonds. The van der Waals surface area contributed by atoms with Gasteiger partial charge in [-0.2, -0.15) is 0 Å². The molecule has 0 radical (unpaired) electrons. The van der Waals surface area contributed by atoms with Gasteiger partial charge in [0.05, 0.1) is 10.5 Å². The molecule has 0 saturated heterocycles. The normalized spacial score (nSPS) is 14.9. The lowest BCUT2D eigenvalue weighted by Crippen LogP contribution is -1.90. The number of thioether (sulfide) groups is 2. The molecule has 3 aromatic rings. The number of rotatable bonds is 5. The molecule has 9 heteroatoms. The molecule has 2 heterocycles. The number of hydrogen-bond acceptors (Lipinski definition) is 7. The van der Waals surface area contributed by atoms with Crippen molar-refractivity contribution in [2.45, 2.75) is 5.75 Å². The van der Waals surface area contributed by atoms with Crippen LogP contribution in [-0.4, -0.2) is 14.4 Å². The molecule has 0 aliphatic carbocycles. The van der Waals surface area contributed by atoms with Crippen LogP contribution in [0.5, 0.6) is 0 Å². The van der Waals surface area contributed by atoms with Crippen LogP contribution in [0.15, 0.2) is 75.8 Å². The van der Waals surface area contributed by atoms with Crippen molar-refractivity contribution >= 4 is 56.4 Å². The van der Waals surface area contributed by atoms with Gasteiger partial charge in [-0.25, -0.2) is 4.99 Å². The van der Waals surface area contributed by atoms with Crippen LogP contribution in [0.1, 0.15) is 11.3 Å². The first-order valence-electron chi connectivity index (χ1n) is 8.73. The molecule has 0 atom stereocenters. The van der Waals surface area contributed by atoms with Gasteiger partial charge in [-0.15, -0.1) is 0 Å². The van der Waals surface area contributed by atoms with E-state index in [0.29, 0.717) is 32.2 Å². The number of halogens is 1. The largest absolute Gasteiger partial charge is 0.456 e. The predicted octanol–water partition coefficient (Wildman–Crippen LogP) is 6.41. The molecule has 30 heavy (non-hydrogen) atoms. The van der Waals surface area contributed by atoms with Gasteiger partial charge in [0.15, 0.2) is 0 Å². The highest BCUT2D eigenvalue weighted by Crippen LogP contribution is 2.35. The van der Waals surface area contributed by atoms with Gasteiger partial charge in [0.25, 0.3) is 5.69 Å². The molecule has 150 valence electrons. The van der Waals surface area contributed by atoms with Crippen LogP contribution < -0.4 is 0 Å². The Morgan fingerprint density at radius 1 is 1.13 bits per heavy atom. The first-order valence-corrected chi connectivity index (χ1v) is 10.9. The van der Waals surface area contributed by atoms with Gasteiger partial charge in [-0.05, 0) is 47.7 Å². The van der Waals surface area contributed by atoms with Gasteiger partial charge in [0.2, 0.25) is 5.12 Å². The second-order valence-electron chi connectivity index (χ2n) is 6.19. The minimum Gasteiger partial charge on any atom is -0.456 e. The molecule has 0 fully saturated rings. The van der Waals surface area contributed by atoms with E-state index in [2.05, 4.69) is 4.99 Å². The highest BCUT2D eigenvalue weighted by Gasteiger charge is 2.23. The van der Waals surface area contributed by atoms with Crippen LogP contribution in [0.25, 0.3) is 17.4 Å². The SMILES string of the molecule is O=C1SC(SCc2ccc(Cl)cc2)=NC1=Cc1ccc(-c2ccccc2[N+](=O)[O-])o1. The number of hydrogen-bond donors (Lipinski definition) is 0. The van der Waals surface area contributed by atoms with Crippen molar-refractivity contribution in [2.75, 3.05) is 0 Å². The molecule has 1 aliphatic heterocycles. The van der Waals surface area contributed by atoms with Gasteiger partial charge >= 0.3 is 0 Å². The molecule has 4 rings (SSSR count). The lowest BCUT2D eigenvalue weighted by atomic mass is 10.1. The monoisotopic (exact) mass is 456 g/mol. The van der Waals surface area contributed by atoms with E-state index in [-0.39, 0.29) is 16.5 Å². The van der Waals surface area contributed by atoms with Crippen molar-refractivity contribution in [3.8, 4) is 11.3 Å². The number of furan rings is 1. The van der Waals surface area contributed by atoms with Crippen molar-refractivity contribution in [3.63, 3.8) is 0 Å². The minimum absolute atomic E-state index is 0.0440. The molecular weight excluding hydrogens is 444 g/mol. The Morgan fingerprint density at radius 3 is 2.67 bits per heavy atom. The average Bonchev–Trinajstić information content (AvgIpc) is 3.34. The summed E-state index contributed by atoms with van der Waals surface area (Å²) in [5.74, 6) is 1.43. The van der Waals surface area contributed by atoms with Crippen LogP contribution in [0.4, 0.5) is 5.69 Å². The average molecular weight is 457 g/mol. The van der Waals surface area contributed by atoms with E-state index in [1.807, 2.05) is 24.3 Å². The van der Waals surface area contributed by atoms with Crippen LogP contribution in [0.2, 0.25) is 5.02 Å². The number of aliphatic imine (C=N–C) groups is 1. The fraction of sp³-hybridized carbons (Fsp3) is 0.0476. The zero-order valence-corrected chi connectivity index (χ0v) is 17.7. The van der Waals surface area contributed by atoms with Crippen molar-refractivity contribution in [1.82, 2.24) is 0 Å². The van der Waals surface area contributed by atoms with Gasteiger partial charge in [-0.1, -0.05) is 47.6 Å². The van der Waals surface area contributed by atoms with E-state index in [9.17, 15) is 14.9 Å². The van der Waals surface area contributed by atoms with E-state index >= 15 is 0 Å². The Bertz CT molecular complexity index is 1190. The molecule has 0 N–H and O–H groups in total.